The highest BCUT2D eigenvalue weighted by atomic mass is 35.5. The topological polar surface area (TPSA) is 56.7 Å². The molecule has 0 bridgehead atoms. The summed E-state index contributed by atoms with van der Waals surface area (Å²) < 4.78 is 7.14. The average Bonchev–Trinajstić information content (AvgIpc) is 2.82. The van der Waals surface area contributed by atoms with E-state index in [1.165, 1.54) is 0 Å². The normalized spacial score (nSPS) is 13.3. The molecule has 0 saturated carbocycles. The monoisotopic (exact) mass is 268 g/mol. The molecule has 1 unspecified atom stereocenters. The molecule has 2 rings (SSSR count). The lowest BCUT2D eigenvalue weighted by Crippen LogP contribution is -2.13. The van der Waals surface area contributed by atoms with Gasteiger partial charge in [0, 0.05) is 11.5 Å². The molecule has 6 heteroatoms. The van der Waals surface area contributed by atoms with Crippen LogP contribution >= 0.6 is 11.6 Å². The highest BCUT2D eigenvalue weighted by molar-refractivity contribution is 6.28. The maximum absolute atomic E-state index is 6.14. The Hall–Kier alpha value is -1.36. The lowest BCUT2D eigenvalue weighted by molar-refractivity contribution is 0.390. The number of aromatic nitrogens is 4. The molecule has 0 radical (unpaired) electrons. The van der Waals surface area contributed by atoms with E-state index in [1.807, 2.05) is 25.3 Å². The van der Waals surface area contributed by atoms with Gasteiger partial charge in [-0.2, -0.15) is 0 Å². The van der Waals surface area contributed by atoms with Crippen molar-refractivity contribution in [2.45, 2.75) is 46.6 Å². The summed E-state index contributed by atoms with van der Waals surface area (Å²) in [6.45, 7) is 10.0. The maximum Gasteiger partial charge on any atom is 0.225 e. The van der Waals surface area contributed by atoms with Crippen LogP contribution in [-0.2, 0) is 0 Å². The van der Waals surface area contributed by atoms with Crippen molar-refractivity contribution in [2.24, 2.45) is 0 Å². The molecular formula is C12H17ClN4O. The zero-order valence-corrected chi connectivity index (χ0v) is 12.0. The Bertz CT molecular complexity index is 539. The summed E-state index contributed by atoms with van der Waals surface area (Å²) in [5, 5.41) is 12.5. The Kier molecular flexibility index (Phi) is 3.43. The SMILES string of the molecule is Cc1noc(C)c1C(C)n1c(Cl)nnc1C(C)C. The van der Waals surface area contributed by atoms with Crippen LogP contribution in [0.2, 0.25) is 5.28 Å². The third-order valence-electron chi connectivity index (χ3n) is 3.09. The van der Waals surface area contributed by atoms with Crippen LogP contribution in [0.5, 0.6) is 0 Å². The molecule has 0 N–H and O–H groups in total. The van der Waals surface area contributed by atoms with Gasteiger partial charge in [-0.25, -0.2) is 0 Å². The highest BCUT2D eigenvalue weighted by Gasteiger charge is 2.24. The van der Waals surface area contributed by atoms with Crippen molar-refractivity contribution in [1.29, 1.82) is 0 Å². The van der Waals surface area contributed by atoms with Gasteiger partial charge >= 0.3 is 0 Å². The van der Waals surface area contributed by atoms with E-state index in [9.17, 15) is 0 Å². The first kappa shape index (κ1) is 13.1. The molecule has 0 aliphatic rings. The number of halogens is 1. The van der Waals surface area contributed by atoms with Crippen molar-refractivity contribution in [1.82, 2.24) is 19.9 Å². The zero-order valence-electron chi connectivity index (χ0n) is 11.2. The Morgan fingerprint density at radius 2 is 1.83 bits per heavy atom. The predicted octanol–water partition coefficient (Wildman–Crippen LogP) is 3.27. The number of nitrogens with zero attached hydrogens (tertiary/aromatic N) is 4. The standard InChI is InChI=1S/C12H17ClN4O/c1-6(2)11-14-15-12(13)17(11)8(4)10-7(3)16-18-9(10)5/h6,8H,1-5H3. The van der Waals surface area contributed by atoms with E-state index in [-0.39, 0.29) is 12.0 Å². The molecule has 5 nitrogen and oxygen atoms in total. The first-order valence-corrected chi connectivity index (χ1v) is 6.34. The van der Waals surface area contributed by atoms with Crippen LogP contribution in [0, 0.1) is 13.8 Å². The van der Waals surface area contributed by atoms with Crippen LogP contribution in [0.3, 0.4) is 0 Å². The Labute approximate surface area is 111 Å². The molecule has 1 atom stereocenters. The largest absolute Gasteiger partial charge is 0.361 e. The molecule has 0 saturated heterocycles. The smallest absolute Gasteiger partial charge is 0.225 e. The lowest BCUT2D eigenvalue weighted by Gasteiger charge is -2.17. The molecule has 0 amide bonds. The fourth-order valence-electron chi connectivity index (χ4n) is 2.25. The first-order chi connectivity index (χ1) is 8.43. The van der Waals surface area contributed by atoms with E-state index in [4.69, 9.17) is 16.1 Å². The van der Waals surface area contributed by atoms with Gasteiger partial charge in [-0.15, -0.1) is 10.2 Å². The number of hydrogen-bond acceptors (Lipinski definition) is 4. The van der Waals surface area contributed by atoms with Gasteiger partial charge < -0.3 is 4.52 Å². The van der Waals surface area contributed by atoms with E-state index in [2.05, 4.69) is 29.2 Å². The van der Waals surface area contributed by atoms with Gasteiger partial charge in [0.05, 0.1) is 11.7 Å². The average molecular weight is 269 g/mol. The van der Waals surface area contributed by atoms with E-state index in [0.717, 1.165) is 22.8 Å². The van der Waals surface area contributed by atoms with Crippen molar-refractivity contribution in [3.8, 4) is 0 Å². The fraction of sp³-hybridized carbons (Fsp3) is 0.583. The van der Waals surface area contributed by atoms with Crippen molar-refractivity contribution >= 4 is 11.6 Å². The second-order valence-corrected chi connectivity index (χ2v) is 5.10. The molecule has 0 aromatic carbocycles. The molecular weight excluding hydrogens is 252 g/mol. The van der Waals surface area contributed by atoms with Crippen LogP contribution in [0.15, 0.2) is 4.52 Å². The van der Waals surface area contributed by atoms with Crippen LogP contribution in [0.1, 0.15) is 55.6 Å². The minimum atomic E-state index is 0.0103. The molecule has 18 heavy (non-hydrogen) atoms. The van der Waals surface area contributed by atoms with Gasteiger partial charge in [-0.3, -0.25) is 4.57 Å². The predicted molar refractivity (Wildman–Crippen MR) is 68.9 cm³/mol. The third-order valence-corrected chi connectivity index (χ3v) is 3.35. The molecule has 2 heterocycles. The molecule has 0 fully saturated rings. The number of rotatable bonds is 3. The van der Waals surface area contributed by atoms with Crippen molar-refractivity contribution < 1.29 is 4.52 Å². The van der Waals surface area contributed by atoms with Crippen molar-refractivity contribution in [2.75, 3.05) is 0 Å². The summed E-state index contributed by atoms with van der Waals surface area (Å²) in [4.78, 5) is 0. The summed E-state index contributed by atoms with van der Waals surface area (Å²) >= 11 is 6.14. The van der Waals surface area contributed by atoms with Gasteiger partial charge in [-0.1, -0.05) is 19.0 Å². The fourth-order valence-corrected chi connectivity index (χ4v) is 2.52. The summed E-state index contributed by atoms with van der Waals surface area (Å²) in [5.41, 5.74) is 1.91. The van der Waals surface area contributed by atoms with E-state index in [1.54, 1.807) is 0 Å². The Morgan fingerprint density at radius 3 is 2.33 bits per heavy atom. The molecule has 98 valence electrons. The van der Waals surface area contributed by atoms with Gasteiger partial charge in [-0.05, 0) is 32.4 Å². The Morgan fingerprint density at radius 1 is 1.17 bits per heavy atom. The van der Waals surface area contributed by atoms with E-state index >= 15 is 0 Å². The van der Waals surface area contributed by atoms with Crippen molar-refractivity contribution in [3.05, 3.63) is 28.1 Å². The van der Waals surface area contributed by atoms with Gasteiger partial charge in [0.25, 0.3) is 0 Å². The molecule has 0 aliphatic carbocycles. The van der Waals surface area contributed by atoms with Crippen LogP contribution < -0.4 is 0 Å². The summed E-state index contributed by atoms with van der Waals surface area (Å²) in [6, 6.07) is 0.0103. The number of hydrogen-bond donors (Lipinski definition) is 0. The van der Waals surface area contributed by atoms with Crippen LogP contribution in [-0.4, -0.2) is 19.9 Å². The molecule has 2 aromatic rings. The molecule has 2 aromatic heterocycles. The second kappa shape index (κ2) is 4.72. The lowest BCUT2D eigenvalue weighted by atomic mass is 10.1. The van der Waals surface area contributed by atoms with E-state index < -0.39 is 0 Å². The third kappa shape index (κ3) is 2.03. The zero-order chi connectivity index (χ0) is 13.4. The van der Waals surface area contributed by atoms with E-state index in [0.29, 0.717) is 5.28 Å². The summed E-state index contributed by atoms with van der Waals surface area (Å²) in [5.74, 6) is 1.93. The van der Waals surface area contributed by atoms with Gasteiger partial charge in [0.2, 0.25) is 5.28 Å². The van der Waals surface area contributed by atoms with Crippen LogP contribution in [0.25, 0.3) is 0 Å². The number of aryl methyl sites for hydroxylation is 2. The summed E-state index contributed by atoms with van der Waals surface area (Å²) in [7, 11) is 0. The van der Waals surface area contributed by atoms with Crippen molar-refractivity contribution in [3.63, 3.8) is 0 Å². The van der Waals surface area contributed by atoms with Crippen LogP contribution in [0.4, 0.5) is 0 Å². The first-order valence-electron chi connectivity index (χ1n) is 5.96. The maximum atomic E-state index is 6.14. The second-order valence-electron chi connectivity index (χ2n) is 4.77. The summed E-state index contributed by atoms with van der Waals surface area (Å²) in [6.07, 6.45) is 0. The molecule has 0 spiro atoms. The minimum absolute atomic E-state index is 0.0103. The molecule has 0 aliphatic heterocycles. The van der Waals surface area contributed by atoms with Gasteiger partial charge in [0.15, 0.2) is 0 Å². The minimum Gasteiger partial charge on any atom is -0.361 e. The quantitative estimate of drug-likeness (QED) is 0.857. The van der Waals surface area contributed by atoms with Gasteiger partial charge in [0.1, 0.15) is 11.6 Å². The highest BCUT2D eigenvalue weighted by Crippen LogP contribution is 2.30. The Balaban J connectivity index is 2.52.